The molecule has 0 spiro atoms. The molecular formula is C14H21FN2O. The SMILES string of the molecule is CC(NCCN(C)C1CC1)c1ccc(O)cc1F. The average Bonchev–Trinajstić information content (AvgIpc) is 3.12. The summed E-state index contributed by atoms with van der Waals surface area (Å²) in [5.74, 6) is -0.387. The highest BCUT2D eigenvalue weighted by atomic mass is 19.1. The second-order valence-electron chi connectivity index (χ2n) is 5.09. The first kappa shape index (κ1) is 13.3. The minimum atomic E-state index is -0.356. The third-order valence-corrected chi connectivity index (χ3v) is 3.54. The van der Waals surface area contributed by atoms with E-state index in [9.17, 15) is 4.39 Å². The van der Waals surface area contributed by atoms with Crippen LogP contribution in [0.3, 0.4) is 0 Å². The Morgan fingerprint density at radius 1 is 1.50 bits per heavy atom. The standard InChI is InChI=1S/C14H21FN2O/c1-10(13-6-5-12(18)9-14(13)15)16-7-8-17(2)11-3-4-11/h5-6,9-11,16,18H,3-4,7-8H2,1-2H3. The van der Waals surface area contributed by atoms with Crippen LogP contribution in [0.4, 0.5) is 4.39 Å². The second-order valence-corrected chi connectivity index (χ2v) is 5.09. The van der Waals surface area contributed by atoms with E-state index in [4.69, 9.17) is 5.11 Å². The molecule has 2 rings (SSSR count). The van der Waals surface area contributed by atoms with Gasteiger partial charge in [0.05, 0.1) is 0 Å². The first-order valence-electron chi connectivity index (χ1n) is 6.50. The molecule has 0 bridgehead atoms. The molecular weight excluding hydrogens is 231 g/mol. The molecule has 0 heterocycles. The van der Waals surface area contributed by atoms with Crippen molar-refractivity contribution >= 4 is 0 Å². The maximum atomic E-state index is 13.6. The van der Waals surface area contributed by atoms with Gasteiger partial charge in [0.25, 0.3) is 0 Å². The van der Waals surface area contributed by atoms with E-state index >= 15 is 0 Å². The normalized spacial score (nSPS) is 17.1. The Kier molecular flexibility index (Phi) is 4.19. The molecule has 1 aromatic carbocycles. The van der Waals surface area contributed by atoms with Gasteiger partial charge in [-0.1, -0.05) is 6.07 Å². The van der Waals surface area contributed by atoms with Crippen LogP contribution < -0.4 is 5.32 Å². The number of hydrogen-bond donors (Lipinski definition) is 2. The van der Waals surface area contributed by atoms with E-state index in [1.807, 2.05) is 6.92 Å². The largest absolute Gasteiger partial charge is 0.508 e. The van der Waals surface area contributed by atoms with Crippen molar-refractivity contribution in [3.8, 4) is 5.75 Å². The quantitative estimate of drug-likeness (QED) is 0.815. The van der Waals surface area contributed by atoms with Crippen molar-refractivity contribution in [3.63, 3.8) is 0 Å². The van der Waals surface area contributed by atoms with Crippen molar-refractivity contribution in [2.75, 3.05) is 20.1 Å². The van der Waals surface area contributed by atoms with Crippen molar-refractivity contribution in [1.29, 1.82) is 0 Å². The van der Waals surface area contributed by atoms with Crippen LogP contribution in [0.25, 0.3) is 0 Å². The summed E-state index contributed by atoms with van der Waals surface area (Å²) in [4.78, 5) is 2.34. The zero-order valence-corrected chi connectivity index (χ0v) is 11.0. The minimum absolute atomic E-state index is 0.0306. The van der Waals surface area contributed by atoms with Gasteiger partial charge in [0, 0.05) is 36.8 Å². The van der Waals surface area contributed by atoms with Crippen molar-refractivity contribution in [1.82, 2.24) is 10.2 Å². The number of likely N-dealkylation sites (N-methyl/N-ethyl adjacent to an activating group) is 1. The van der Waals surface area contributed by atoms with E-state index < -0.39 is 0 Å². The van der Waals surface area contributed by atoms with Crippen LogP contribution in [0.2, 0.25) is 0 Å². The molecule has 1 aromatic rings. The van der Waals surface area contributed by atoms with Crippen molar-refractivity contribution < 1.29 is 9.50 Å². The summed E-state index contributed by atoms with van der Waals surface area (Å²) in [6.07, 6.45) is 2.61. The Hall–Kier alpha value is -1.13. The molecule has 0 aliphatic heterocycles. The van der Waals surface area contributed by atoms with Crippen LogP contribution in [0.15, 0.2) is 18.2 Å². The van der Waals surface area contributed by atoms with Crippen LogP contribution in [-0.4, -0.2) is 36.2 Å². The molecule has 1 aliphatic carbocycles. The molecule has 18 heavy (non-hydrogen) atoms. The number of hydrogen-bond acceptors (Lipinski definition) is 3. The van der Waals surface area contributed by atoms with Crippen LogP contribution >= 0.6 is 0 Å². The predicted octanol–water partition coefficient (Wildman–Crippen LogP) is 2.28. The summed E-state index contributed by atoms with van der Waals surface area (Å²) in [6, 6.07) is 5.02. The van der Waals surface area contributed by atoms with E-state index in [1.54, 1.807) is 6.07 Å². The zero-order valence-electron chi connectivity index (χ0n) is 11.0. The maximum Gasteiger partial charge on any atom is 0.131 e. The number of phenolic OH excluding ortho intramolecular Hbond substituents is 1. The van der Waals surface area contributed by atoms with Gasteiger partial charge in [-0.2, -0.15) is 0 Å². The zero-order chi connectivity index (χ0) is 13.1. The third kappa shape index (κ3) is 3.43. The number of phenols is 1. The number of nitrogens with one attached hydrogen (secondary N) is 1. The van der Waals surface area contributed by atoms with Crippen LogP contribution in [0, 0.1) is 5.82 Å². The van der Waals surface area contributed by atoms with Gasteiger partial charge in [0.15, 0.2) is 0 Å². The fourth-order valence-corrected chi connectivity index (χ4v) is 2.13. The second kappa shape index (κ2) is 5.67. The molecule has 0 saturated heterocycles. The molecule has 3 nitrogen and oxygen atoms in total. The van der Waals surface area contributed by atoms with Gasteiger partial charge in [0.2, 0.25) is 0 Å². The Morgan fingerprint density at radius 2 is 2.22 bits per heavy atom. The molecule has 2 N–H and O–H groups in total. The summed E-state index contributed by atoms with van der Waals surface area (Å²) >= 11 is 0. The summed E-state index contributed by atoms with van der Waals surface area (Å²) in [5, 5.41) is 12.5. The van der Waals surface area contributed by atoms with Crippen molar-refractivity contribution in [2.45, 2.75) is 31.8 Å². The molecule has 1 aliphatic rings. The van der Waals surface area contributed by atoms with Crippen molar-refractivity contribution in [3.05, 3.63) is 29.6 Å². The summed E-state index contributed by atoms with van der Waals surface area (Å²) in [5.41, 5.74) is 0.599. The van der Waals surface area contributed by atoms with E-state index in [2.05, 4.69) is 17.3 Å². The fourth-order valence-electron chi connectivity index (χ4n) is 2.13. The third-order valence-electron chi connectivity index (χ3n) is 3.54. The summed E-state index contributed by atoms with van der Waals surface area (Å²) < 4.78 is 13.6. The minimum Gasteiger partial charge on any atom is -0.508 e. The first-order valence-corrected chi connectivity index (χ1v) is 6.50. The van der Waals surface area contributed by atoms with E-state index in [-0.39, 0.29) is 17.6 Å². The van der Waals surface area contributed by atoms with E-state index in [1.165, 1.54) is 18.9 Å². The van der Waals surface area contributed by atoms with Gasteiger partial charge in [0.1, 0.15) is 11.6 Å². The van der Waals surface area contributed by atoms with Crippen LogP contribution in [0.5, 0.6) is 5.75 Å². The molecule has 1 saturated carbocycles. The van der Waals surface area contributed by atoms with Gasteiger partial charge < -0.3 is 15.3 Å². The first-order chi connectivity index (χ1) is 8.58. The van der Waals surface area contributed by atoms with Crippen molar-refractivity contribution in [2.24, 2.45) is 0 Å². The lowest BCUT2D eigenvalue weighted by Gasteiger charge is -2.19. The van der Waals surface area contributed by atoms with Crippen LogP contribution in [0.1, 0.15) is 31.4 Å². The monoisotopic (exact) mass is 252 g/mol. The van der Waals surface area contributed by atoms with Gasteiger partial charge in [-0.05, 0) is 32.9 Å². The molecule has 4 heteroatoms. The molecule has 100 valence electrons. The number of halogens is 1. The van der Waals surface area contributed by atoms with Gasteiger partial charge in [-0.15, -0.1) is 0 Å². The van der Waals surface area contributed by atoms with Gasteiger partial charge in [-0.25, -0.2) is 4.39 Å². The summed E-state index contributed by atoms with van der Waals surface area (Å²) in [7, 11) is 2.13. The topological polar surface area (TPSA) is 35.5 Å². The molecule has 1 fully saturated rings. The maximum absolute atomic E-state index is 13.6. The molecule has 0 amide bonds. The Balaban J connectivity index is 1.81. The van der Waals surface area contributed by atoms with Crippen LogP contribution in [-0.2, 0) is 0 Å². The Bertz CT molecular complexity index is 407. The number of rotatable bonds is 6. The lowest BCUT2D eigenvalue weighted by Crippen LogP contribution is -2.32. The van der Waals surface area contributed by atoms with Gasteiger partial charge in [-0.3, -0.25) is 0 Å². The lowest BCUT2D eigenvalue weighted by molar-refractivity contribution is 0.315. The lowest BCUT2D eigenvalue weighted by atomic mass is 10.1. The van der Waals surface area contributed by atoms with E-state index in [0.29, 0.717) is 5.56 Å². The fraction of sp³-hybridized carbons (Fsp3) is 0.571. The summed E-state index contributed by atoms with van der Waals surface area (Å²) in [6.45, 7) is 3.76. The molecule has 0 aromatic heterocycles. The molecule has 1 atom stereocenters. The smallest absolute Gasteiger partial charge is 0.131 e. The number of nitrogens with zero attached hydrogens (tertiary/aromatic N) is 1. The Labute approximate surface area is 108 Å². The van der Waals surface area contributed by atoms with Gasteiger partial charge >= 0.3 is 0 Å². The number of aromatic hydroxyl groups is 1. The predicted molar refractivity (Wildman–Crippen MR) is 70.1 cm³/mol. The molecule has 0 radical (unpaired) electrons. The highest BCUT2D eigenvalue weighted by molar-refractivity contribution is 5.29. The molecule has 1 unspecified atom stereocenters. The highest BCUT2D eigenvalue weighted by Crippen LogP contribution is 2.25. The van der Waals surface area contributed by atoms with E-state index in [0.717, 1.165) is 25.2 Å². The number of benzene rings is 1. The Morgan fingerprint density at radius 3 is 2.83 bits per heavy atom. The average molecular weight is 252 g/mol. The highest BCUT2D eigenvalue weighted by Gasteiger charge is 2.25.